The summed E-state index contributed by atoms with van der Waals surface area (Å²) in [5.74, 6) is 1.13. The van der Waals surface area contributed by atoms with E-state index in [-0.39, 0.29) is 5.82 Å². The number of halogens is 1. The maximum Gasteiger partial charge on any atom is 0.163 e. The van der Waals surface area contributed by atoms with Gasteiger partial charge in [-0.3, -0.25) is 0 Å². The molecule has 0 saturated heterocycles. The molecule has 0 bridgehead atoms. The molecule has 2 heterocycles. The molecule has 3 nitrogen and oxygen atoms in total. The zero-order valence-electron chi connectivity index (χ0n) is 12.0. The normalized spacial score (nSPS) is 11.0. The third-order valence-electron chi connectivity index (χ3n) is 3.30. The van der Waals surface area contributed by atoms with E-state index in [1.165, 1.54) is 12.1 Å². The summed E-state index contributed by atoms with van der Waals surface area (Å²) in [6.45, 7) is 4.95. The number of hydrogen-bond acceptors (Lipinski definition) is 4. The summed E-state index contributed by atoms with van der Waals surface area (Å²) in [5, 5.41) is 8.25. The van der Waals surface area contributed by atoms with E-state index < -0.39 is 0 Å². The summed E-state index contributed by atoms with van der Waals surface area (Å²) < 4.78 is 13.5. The summed E-state index contributed by atoms with van der Waals surface area (Å²) in [6.07, 6.45) is 1.000. The Labute approximate surface area is 126 Å². The fourth-order valence-corrected chi connectivity index (χ4v) is 3.02. The van der Waals surface area contributed by atoms with Gasteiger partial charge < -0.3 is 5.32 Å². The fourth-order valence-electron chi connectivity index (χ4n) is 2.19. The molecule has 2 aromatic heterocycles. The summed E-state index contributed by atoms with van der Waals surface area (Å²) in [7, 11) is 0. The highest BCUT2D eigenvalue weighted by molar-refractivity contribution is 7.08. The van der Waals surface area contributed by atoms with Gasteiger partial charge in [-0.05, 0) is 36.4 Å². The van der Waals surface area contributed by atoms with Crippen molar-refractivity contribution in [2.24, 2.45) is 0 Å². The quantitative estimate of drug-likeness (QED) is 0.763. The zero-order valence-corrected chi connectivity index (χ0v) is 12.8. The second-order valence-corrected chi connectivity index (χ2v) is 5.70. The van der Waals surface area contributed by atoms with Gasteiger partial charge in [-0.2, -0.15) is 11.3 Å². The Balaban J connectivity index is 2.20. The lowest BCUT2D eigenvalue weighted by molar-refractivity contribution is 0.629. The molecular formula is C16H16FN3S. The molecule has 3 aromatic rings. The van der Waals surface area contributed by atoms with Crippen molar-refractivity contribution in [2.45, 2.75) is 20.3 Å². The van der Waals surface area contributed by atoms with E-state index in [2.05, 4.69) is 27.6 Å². The van der Waals surface area contributed by atoms with E-state index in [1.807, 2.05) is 12.3 Å². The first-order valence-corrected chi connectivity index (χ1v) is 7.87. The van der Waals surface area contributed by atoms with Gasteiger partial charge in [0.05, 0.1) is 5.52 Å². The standard InChI is InChI=1S/C16H16FN3S/c1-3-6-18-15-12-5-4-11(17)7-14(12)19-16(20-15)13-9-21-8-10(13)2/h4-5,7-9H,3,6H2,1-2H3,(H,18,19,20). The van der Waals surface area contributed by atoms with Crippen LogP contribution >= 0.6 is 11.3 Å². The number of aryl methyl sites for hydroxylation is 1. The van der Waals surface area contributed by atoms with Crippen molar-refractivity contribution in [1.29, 1.82) is 0 Å². The SMILES string of the molecule is CCCNc1nc(-c2cscc2C)nc2cc(F)ccc12. The average Bonchev–Trinajstić information content (AvgIpc) is 2.90. The summed E-state index contributed by atoms with van der Waals surface area (Å²) in [6, 6.07) is 4.63. The number of thiophene rings is 1. The van der Waals surface area contributed by atoms with Crippen LogP contribution < -0.4 is 5.32 Å². The molecule has 0 aliphatic carbocycles. The van der Waals surface area contributed by atoms with Gasteiger partial charge in [-0.25, -0.2) is 14.4 Å². The van der Waals surface area contributed by atoms with Gasteiger partial charge in [-0.1, -0.05) is 6.92 Å². The summed E-state index contributed by atoms with van der Waals surface area (Å²) in [5.41, 5.74) is 2.77. The van der Waals surface area contributed by atoms with E-state index >= 15 is 0 Å². The topological polar surface area (TPSA) is 37.8 Å². The van der Waals surface area contributed by atoms with Crippen LogP contribution in [0.15, 0.2) is 29.0 Å². The van der Waals surface area contributed by atoms with Gasteiger partial charge in [0.1, 0.15) is 11.6 Å². The van der Waals surface area contributed by atoms with E-state index in [9.17, 15) is 4.39 Å². The smallest absolute Gasteiger partial charge is 0.163 e. The minimum absolute atomic E-state index is 0.282. The van der Waals surface area contributed by atoms with Crippen LogP contribution in [0.4, 0.5) is 10.2 Å². The Hall–Kier alpha value is -2.01. The molecule has 0 radical (unpaired) electrons. The maximum atomic E-state index is 13.5. The van der Waals surface area contributed by atoms with Crippen LogP contribution in [0, 0.1) is 12.7 Å². The molecular weight excluding hydrogens is 285 g/mol. The molecule has 0 amide bonds. The molecule has 108 valence electrons. The number of rotatable bonds is 4. The summed E-state index contributed by atoms with van der Waals surface area (Å²) in [4.78, 5) is 9.16. The molecule has 0 spiro atoms. The largest absolute Gasteiger partial charge is 0.369 e. The minimum Gasteiger partial charge on any atom is -0.369 e. The summed E-state index contributed by atoms with van der Waals surface area (Å²) >= 11 is 1.62. The Kier molecular flexibility index (Phi) is 3.84. The predicted octanol–water partition coefficient (Wildman–Crippen LogP) is 4.63. The van der Waals surface area contributed by atoms with Crippen LogP contribution in [-0.4, -0.2) is 16.5 Å². The molecule has 21 heavy (non-hydrogen) atoms. The van der Waals surface area contributed by atoms with Gasteiger partial charge >= 0.3 is 0 Å². The maximum absolute atomic E-state index is 13.5. The lowest BCUT2D eigenvalue weighted by Crippen LogP contribution is -2.05. The number of benzene rings is 1. The van der Waals surface area contributed by atoms with Crippen molar-refractivity contribution in [3.05, 3.63) is 40.3 Å². The first-order chi connectivity index (χ1) is 10.2. The third-order valence-corrected chi connectivity index (χ3v) is 4.16. The third kappa shape index (κ3) is 2.74. The van der Waals surface area contributed by atoms with E-state index in [1.54, 1.807) is 17.4 Å². The highest BCUT2D eigenvalue weighted by atomic mass is 32.1. The monoisotopic (exact) mass is 301 g/mol. The molecule has 0 atom stereocenters. The van der Waals surface area contributed by atoms with Crippen LogP contribution in [0.1, 0.15) is 18.9 Å². The van der Waals surface area contributed by atoms with Gasteiger partial charge in [0, 0.05) is 28.9 Å². The van der Waals surface area contributed by atoms with Crippen LogP contribution in [0.5, 0.6) is 0 Å². The molecule has 0 aliphatic rings. The Bertz CT molecular complexity index is 782. The van der Waals surface area contributed by atoms with Gasteiger partial charge in [0.15, 0.2) is 5.82 Å². The number of nitrogens with zero attached hydrogens (tertiary/aromatic N) is 2. The highest BCUT2D eigenvalue weighted by Crippen LogP contribution is 2.29. The van der Waals surface area contributed by atoms with Gasteiger partial charge in [0.25, 0.3) is 0 Å². The number of fused-ring (bicyclic) bond motifs is 1. The average molecular weight is 301 g/mol. The lowest BCUT2D eigenvalue weighted by Gasteiger charge is -2.10. The van der Waals surface area contributed by atoms with Crippen LogP contribution in [-0.2, 0) is 0 Å². The first-order valence-electron chi connectivity index (χ1n) is 6.93. The van der Waals surface area contributed by atoms with Crippen molar-refractivity contribution in [3.63, 3.8) is 0 Å². The first kappa shape index (κ1) is 13.9. The number of hydrogen-bond donors (Lipinski definition) is 1. The molecule has 0 fully saturated rings. The Morgan fingerprint density at radius 2 is 2.10 bits per heavy atom. The Morgan fingerprint density at radius 1 is 1.24 bits per heavy atom. The van der Waals surface area contributed by atoms with E-state index in [4.69, 9.17) is 0 Å². The van der Waals surface area contributed by atoms with Crippen molar-refractivity contribution in [2.75, 3.05) is 11.9 Å². The number of anilines is 1. The van der Waals surface area contributed by atoms with Crippen LogP contribution in [0.3, 0.4) is 0 Å². The molecule has 3 rings (SSSR count). The Morgan fingerprint density at radius 3 is 2.81 bits per heavy atom. The van der Waals surface area contributed by atoms with E-state index in [0.29, 0.717) is 11.3 Å². The molecule has 0 unspecified atom stereocenters. The molecule has 5 heteroatoms. The molecule has 0 saturated carbocycles. The second-order valence-electron chi connectivity index (χ2n) is 4.95. The zero-order chi connectivity index (χ0) is 14.8. The van der Waals surface area contributed by atoms with Crippen LogP contribution in [0.25, 0.3) is 22.3 Å². The van der Waals surface area contributed by atoms with Crippen LogP contribution in [0.2, 0.25) is 0 Å². The highest BCUT2D eigenvalue weighted by Gasteiger charge is 2.12. The van der Waals surface area contributed by atoms with Crippen molar-refractivity contribution < 1.29 is 4.39 Å². The fraction of sp³-hybridized carbons (Fsp3) is 0.250. The van der Waals surface area contributed by atoms with Gasteiger partial charge in [0.2, 0.25) is 0 Å². The molecule has 1 aromatic carbocycles. The van der Waals surface area contributed by atoms with Gasteiger partial charge in [-0.15, -0.1) is 0 Å². The van der Waals surface area contributed by atoms with Crippen molar-refractivity contribution in [3.8, 4) is 11.4 Å². The molecule has 0 aliphatic heterocycles. The van der Waals surface area contributed by atoms with Crippen molar-refractivity contribution >= 4 is 28.1 Å². The second kappa shape index (κ2) is 5.77. The molecule has 1 N–H and O–H groups in total. The predicted molar refractivity (Wildman–Crippen MR) is 86.3 cm³/mol. The number of aromatic nitrogens is 2. The van der Waals surface area contributed by atoms with E-state index in [0.717, 1.165) is 35.3 Å². The number of nitrogens with one attached hydrogen (secondary N) is 1. The minimum atomic E-state index is -0.282. The lowest BCUT2D eigenvalue weighted by atomic mass is 10.2. The van der Waals surface area contributed by atoms with Crippen molar-refractivity contribution in [1.82, 2.24) is 9.97 Å².